The first kappa shape index (κ1) is 9.28. The van der Waals surface area contributed by atoms with Gasteiger partial charge in [0.05, 0.1) is 0 Å². The van der Waals surface area contributed by atoms with Crippen molar-refractivity contribution in [1.29, 1.82) is 0 Å². The van der Waals surface area contributed by atoms with Crippen LogP contribution in [0, 0.1) is 6.07 Å². The van der Waals surface area contributed by atoms with Gasteiger partial charge in [-0.25, -0.2) is 0 Å². The van der Waals surface area contributed by atoms with Crippen LogP contribution in [0.15, 0.2) is 53.0 Å². The molecule has 0 heterocycles. The van der Waals surface area contributed by atoms with Crippen LogP contribution in [0.3, 0.4) is 0 Å². The van der Waals surface area contributed by atoms with Crippen molar-refractivity contribution in [2.75, 3.05) is 0 Å². The zero-order chi connectivity index (χ0) is 9.80. The molecule has 2 heteroatoms. The predicted molar refractivity (Wildman–Crippen MR) is 59.5 cm³/mol. The van der Waals surface area contributed by atoms with Crippen LogP contribution >= 0.6 is 15.9 Å². The number of rotatable bonds is 2. The van der Waals surface area contributed by atoms with Gasteiger partial charge in [-0.05, 0) is 36.4 Å². The quantitative estimate of drug-likeness (QED) is 0.779. The SMILES string of the molecule is Brc1c[c]cc(Oc2ccccc2)c1. The highest BCUT2D eigenvalue weighted by Gasteiger charge is 1.96. The van der Waals surface area contributed by atoms with Gasteiger partial charge in [0.25, 0.3) is 0 Å². The first-order chi connectivity index (χ1) is 6.84. The minimum absolute atomic E-state index is 0.783. The Labute approximate surface area is 91.5 Å². The van der Waals surface area contributed by atoms with Gasteiger partial charge in [-0.2, -0.15) is 0 Å². The summed E-state index contributed by atoms with van der Waals surface area (Å²) in [5, 5.41) is 0. The lowest BCUT2D eigenvalue weighted by molar-refractivity contribution is 0.482. The van der Waals surface area contributed by atoms with Crippen molar-refractivity contribution < 1.29 is 4.74 Å². The molecule has 0 aliphatic heterocycles. The highest BCUT2D eigenvalue weighted by molar-refractivity contribution is 9.10. The van der Waals surface area contributed by atoms with Crippen LogP contribution in [-0.2, 0) is 0 Å². The monoisotopic (exact) mass is 247 g/mol. The summed E-state index contributed by atoms with van der Waals surface area (Å²) < 4.78 is 6.56. The lowest BCUT2D eigenvalue weighted by atomic mass is 10.3. The Bertz CT molecular complexity index is 412. The van der Waals surface area contributed by atoms with Gasteiger partial charge in [0, 0.05) is 4.47 Å². The maximum absolute atomic E-state index is 5.60. The van der Waals surface area contributed by atoms with E-state index in [-0.39, 0.29) is 0 Å². The summed E-state index contributed by atoms with van der Waals surface area (Å²) >= 11 is 3.36. The van der Waals surface area contributed by atoms with Crippen LogP contribution in [0.1, 0.15) is 0 Å². The van der Waals surface area contributed by atoms with Crippen LogP contribution in [-0.4, -0.2) is 0 Å². The Balaban J connectivity index is 2.19. The number of ether oxygens (including phenoxy) is 1. The molecule has 0 amide bonds. The third kappa shape index (κ3) is 2.36. The summed E-state index contributed by atoms with van der Waals surface area (Å²) in [4.78, 5) is 0. The first-order valence-electron chi connectivity index (χ1n) is 4.24. The van der Waals surface area contributed by atoms with Gasteiger partial charge in [-0.15, -0.1) is 0 Å². The molecule has 0 N–H and O–H groups in total. The van der Waals surface area contributed by atoms with Crippen molar-refractivity contribution in [2.45, 2.75) is 0 Å². The van der Waals surface area contributed by atoms with Gasteiger partial charge in [-0.1, -0.05) is 34.1 Å². The topological polar surface area (TPSA) is 9.23 Å². The molecule has 0 atom stereocenters. The molecule has 0 bridgehead atoms. The van der Waals surface area contributed by atoms with E-state index >= 15 is 0 Å². The summed E-state index contributed by atoms with van der Waals surface area (Å²) in [6, 6.07) is 18.2. The normalized spacial score (nSPS) is 9.79. The highest BCUT2D eigenvalue weighted by Crippen LogP contribution is 2.23. The Morgan fingerprint density at radius 1 is 1.00 bits per heavy atom. The molecular weight excluding hydrogens is 240 g/mol. The first-order valence-corrected chi connectivity index (χ1v) is 5.03. The molecule has 0 spiro atoms. The highest BCUT2D eigenvalue weighted by atomic mass is 79.9. The van der Waals surface area contributed by atoms with E-state index < -0.39 is 0 Å². The van der Waals surface area contributed by atoms with Crippen molar-refractivity contribution in [3.8, 4) is 11.5 Å². The minimum atomic E-state index is 0.783. The molecule has 0 aliphatic rings. The third-order valence-corrected chi connectivity index (χ3v) is 2.16. The zero-order valence-corrected chi connectivity index (χ0v) is 8.99. The van der Waals surface area contributed by atoms with Crippen LogP contribution < -0.4 is 4.74 Å². The van der Waals surface area contributed by atoms with Gasteiger partial charge >= 0.3 is 0 Å². The zero-order valence-electron chi connectivity index (χ0n) is 7.41. The van der Waals surface area contributed by atoms with Gasteiger partial charge in [0.1, 0.15) is 11.5 Å². The van der Waals surface area contributed by atoms with Crippen LogP contribution in [0.25, 0.3) is 0 Å². The molecule has 0 saturated heterocycles. The average molecular weight is 248 g/mol. The number of para-hydroxylation sites is 1. The summed E-state index contributed by atoms with van der Waals surface area (Å²) in [7, 11) is 0. The molecule has 2 rings (SSSR count). The van der Waals surface area contributed by atoms with E-state index in [0.717, 1.165) is 16.0 Å². The molecule has 14 heavy (non-hydrogen) atoms. The summed E-state index contributed by atoms with van der Waals surface area (Å²) in [6.45, 7) is 0. The Hall–Kier alpha value is -1.28. The van der Waals surface area contributed by atoms with Gasteiger partial charge < -0.3 is 4.74 Å². The van der Waals surface area contributed by atoms with E-state index in [1.165, 1.54) is 0 Å². The molecule has 0 unspecified atom stereocenters. The standard InChI is InChI=1S/C12H8BrO/c13-10-5-4-8-12(9-10)14-11-6-2-1-3-7-11/h1-3,5-9H. The number of halogens is 1. The number of hydrogen-bond acceptors (Lipinski definition) is 1. The van der Waals surface area contributed by atoms with E-state index in [4.69, 9.17) is 4.74 Å². The largest absolute Gasteiger partial charge is 0.457 e. The van der Waals surface area contributed by atoms with E-state index in [9.17, 15) is 0 Å². The smallest absolute Gasteiger partial charge is 0.129 e. The second-order valence-corrected chi connectivity index (χ2v) is 3.72. The van der Waals surface area contributed by atoms with Crippen molar-refractivity contribution in [3.63, 3.8) is 0 Å². The fourth-order valence-electron chi connectivity index (χ4n) is 1.11. The van der Waals surface area contributed by atoms with Crippen LogP contribution in [0.5, 0.6) is 11.5 Å². The molecule has 2 aromatic carbocycles. The molecule has 1 nitrogen and oxygen atoms in total. The van der Waals surface area contributed by atoms with Gasteiger partial charge in [-0.3, -0.25) is 0 Å². The Morgan fingerprint density at radius 2 is 1.79 bits per heavy atom. The van der Waals surface area contributed by atoms with Gasteiger partial charge in [0.15, 0.2) is 0 Å². The molecule has 1 radical (unpaired) electrons. The molecule has 0 saturated carbocycles. The van der Waals surface area contributed by atoms with E-state index in [2.05, 4.69) is 22.0 Å². The Morgan fingerprint density at radius 3 is 2.50 bits per heavy atom. The molecule has 2 aromatic rings. The number of benzene rings is 2. The maximum Gasteiger partial charge on any atom is 0.129 e. The van der Waals surface area contributed by atoms with Crippen molar-refractivity contribution in [1.82, 2.24) is 0 Å². The van der Waals surface area contributed by atoms with Crippen molar-refractivity contribution >= 4 is 15.9 Å². The molecule has 69 valence electrons. The Kier molecular flexibility index (Phi) is 2.84. The summed E-state index contributed by atoms with van der Waals surface area (Å²) in [5.41, 5.74) is 0. The molecule has 0 aromatic heterocycles. The molecule has 0 aliphatic carbocycles. The van der Waals surface area contributed by atoms with E-state index in [0.29, 0.717) is 0 Å². The van der Waals surface area contributed by atoms with Crippen molar-refractivity contribution in [2.24, 2.45) is 0 Å². The average Bonchev–Trinajstić information content (AvgIpc) is 2.19. The fraction of sp³-hybridized carbons (Fsp3) is 0. The lowest BCUT2D eigenvalue weighted by Gasteiger charge is -2.04. The minimum Gasteiger partial charge on any atom is -0.457 e. The summed E-state index contributed by atoms with van der Waals surface area (Å²) in [5.74, 6) is 1.62. The summed E-state index contributed by atoms with van der Waals surface area (Å²) in [6.07, 6.45) is 0. The second-order valence-electron chi connectivity index (χ2n) is 2.80. The van der Waals surface area contributed by atoms with E-state index in [1.807, 2.05) is 42.5 Å². The predicted octanol–water partition coefficient (Wildman–Crippen LogP) is 4.04. The number of hydrogen-bond donors (Lipinski definition) is 0. The van der Waals surface area contributed by atoms with Crippen LogP contribution in [0.4, 0.5) is 0 Å². The van der Waals surface area contributed by atoms with Crippen molar-refractivity contribution in [3.05, 3.63) is 59.1 Å². The molecular formula is C12H8BrO. The van der Waals surface area contributed by atoms with E-state index in [1.54, 1.807) is 6.07 Å². The maximum atomic E-state index is 5.60. The third-order valence-electron chi connectivity index (χ3n) is 1.71. The second kappa shape index (κ2) is 4.29. The lowest BCUT2D eigenvalue weighted by Crippen LogP contribution is -1.82. The fourth-order valence-corrected chi connectivity index (χ4v) is 1.46. The van der Waals surface area contributed by atoms with Gasteiger partial charge in [0.2, 0.25) is 0 Å². The molecule has 0 fully saturated rings. The van der Waals surface area contributed by atoms with Crippen LogP contribution in [0.2, 0.25) is 0 Å².